The summed E-state index contributed by atoms with van der Waals surface area (Å²) in [6, 6.07) is 30.2. The Hall–Kier alpha value is -5.02. The number of carbonyl (C=O) groups is 3. The number of hydrogen-bond acceptors (Lipinski definition) is 6. The molecule has 4 aromatic carbocycles. The maximum absolute atomic E-state index is 13.3. The van der Waals surface area contributed by atoms with Gasteiger partial charge in [-0.25, -0.2) is 0 Å². The lowest BCUT2D eigenvalue weighted by Gasteiger charge is -2.14. The van der Waals surface area contributed by atoms with Gasteiger partial charge in [0.25, 0.3) is 11.8 Å². The number of amides is 3. The molecule has 4 rings (SSSR count). The molecule has 0 aliphatic rings. The van der Waals surface area contributed by atoms with E-state index in [0.29, 0.717) is 35.0 Å². The van der Waals surface area contributed by atoms with Gasteiger partial charge in [0.15, 0.2) is 0 Å². The predicted molar refractivity (Wildman–Crippen MR) is 172 cm³/mol. The summed E-state index contributed by atoms with van der Waals surface area (Å²) in [7, 11) is 1.59. The van der Waals surface area contributed by atoms with Crippen LogP contribution in [0.4, 0.5) is 11.4 Å². The summed E-state index contributed by atoms with van der Waals surface area (Å²) >= 11 is 1.40. The molecule has 3 amide bonds. The summed E-state index contributed by atoms with van der Waals surface area (Å²) in [5, 5.41) is 8.13. The molecule has 1 atom stereocenters. The van der Waals surface area contributed by atoms with Crippen molar-refractivity contribution in [3.8, 4) is 11.5 Å². The van der Waals surface area contributed by atoms with Gasteiger partial charge < -0.3 is 25.4 Å². The minimum atomic E-state index is -0.481. The Bertz CT molecular complexity index is 1550. The number of carbonyl (C=O) groups excluding carboxylic acids is 3. The van der Waals surface area contributed by atoms with Crippen molar-refractivity contribution in [2.75, 3.05) is 24.4 Å². The molecule has 0 aromatic heterocycles. The standard InChI is InChI=1S/C34H33N3O5S/c1-4-42-29-16-10-24(11-17-29)22-31(37-33(39)25-8-6-5-7-9-25)34(40)36-27-14-20-30(21-15-27)43-23(2)32(38)35-26-12-18-28(41-3)19-13-26/h5-23H,4H2,1-3H3,(H,35,38)(H,36,40)(H,37,39)/b31-22-. The zero-order chi connectivity index (χ0) is 30.6. The normalized spacial score (nSPS) is 11.7. The minimum absolute atomic E-state index is 0.0836. The monoisotopic (exact) mass is 595 g/mol. The first-order chi connectivity index (χ1) is 20.8. The van der Waals surface area contributed by atoms with Crippen LogP contribution in [0, 0.1) is 0 Å². The highest BCUT2D eigenvalue weighted by Crippen LogP contribution is 2.26. The van der Waals surface area contributed by atoms with E-state index in [4.69, 9.17) is 9.47 Å². The first-order valence-electron chi connectivity index (χ1n) is 13.7. The summed E-state index contributed by atoms with van der Waals surface area (Å²) in [4.78, 5) is 39.8. The van der Waals surface area contributed by atoms with E-state index < -0.39 is 11.8 Å². The molecule has 0 bridgehead atoms. The van der Waals surface area contributed by atoms with Crippen LogP contribution in [0.25, 0.3) is 6.08 Å². The van der Waals surface area contributed by atoms with Crippen molar-refractivity contribution in [1.82, 2.24) is 5.32 Å². The number of rotatable bonds is 12. The van der Waals surface area contributed by atoms with Crippen molar-refractivity contribution in [1.29, 1.82) is 0 Å². The molecule has 0 aliphatic carbocycles. The number of nitrogens with one attached hydrogen (secondary N) is 3. The number of anilines is 2. The van der Waals surface area contributed by atoms with Crippen LogP contribution >= 0.6 is 11.8 Å². The van der Waals surface area contributed by atoms with Crippen molar-refractivity contribution in [2.24, 2.45) is 0 Å². The van der Waals surface area contributed by atoms with Gasteiger partial charge in [0.1, 0.15) is 17.2 Å². The number of methoxy groups -OCH3 is 1. The Morgan fingerprint density at radius 1 is 0.791 bits per heavy atom. The molecule has 0 saturated carbocycles. The SMILES string of the molecule is CCOc1ccc(/C=C(\NC(=O)c2ccccc2)C(=O)Nc2ccc(SC(C)C(=O)Nc3ccc(OC)cc3)cc2)cc1. The van der Waals surface area contributed by atoms with Gasteiger partial charge in [-0.15, -0.1) is 11.8 Å². The largest absolute Gasteiger partial charge is 0.497 e. The highest BCUT2D eigenvalue weighted by molar-refractivity contribution is 8.00. The zero-order valence-corrected chi connectivity index (χ0v) is 24.9. The summed E-state index contributed by atoms with van der Waals surface area (Å²) < 4.78 is 10.6. The van der Waals surface area contributed by atoms with Crippen LogP contribution in [0.5, 0.6) is 11.5 Å². The van der Waals surface area contributed by atoms with Crippen molar-refractivity contribution >= 4 is 46.9 Å². The second kappa shape index (κ2) is 15.3. The van der Waals surface area contributed by atoms with Gasteiger partial charge in [0.2, 0.25) is 5.91 Å². The fourth-order valence-corrected chi connectivity index (χ4v) is 4.79. The lowest BCUT2D eigenvalue weighted by molar-refractivity contribution is -0.115. The number of ether oxygens (including phenoxy) is 2. The summed E-state index contributed by atoms with van der Waals surface area (Å²) in [5.41, 5.74) is 2.45. The van der Waals surface area contributed by atoms with Gasteiger partial charge in [0.05, 0.1) is 19.0 Å². The number of benzene rings is 4. The first kappa shape index (κ1) is 30.9. The fraction of sp³-hybridized carbons (Fsp3) is 0.147. The molecular formula is C34H33N3O5S. The molecule has 9 heteroatoms. The third kappa shape index (κ3) is 9.24. The quantitative estimate of drug-likeness (QED) is 0.126. The second-order valence-corrected chi connectivity index (χ2v) is 10.8. The molecule has 0 fully saturated rings. The van der Waals surface area contributed by atoms with E-state index >= 15 is 0 Å². The molecule has 0 saturated heterocycles. The van der Waals surface area contributed by atoms with Crippen molar-refractivity contribution < 1.29 is 23.9 Å². The average molecular weight is 596 g/mol. The maximum atomic E-state index is 13.3. The van der Waals surface area contributed by atoms with E-state index in [1.807, 2.05) is 44.2 Å². The average Bonchev–Trinajstić information content (AvgIpc) is 3.03. The topological polar surface area (TPSA) is 106 Å². The Labute approximate surface area is 255 Å². The zero-order valence-electron chi connectivity index (χ0n) is 24.1. The fourth-order valence-electron chi connectivity index (χ4n) is 3.93. The van der Waals surface area contributed by atoms with Gasteiger partial charge in [-0.05, 0) is 98.3 Å². The van der Waals surface area contributed by atoms with E-state index in [0.717, 1.165) is 10.5 Å². The lowest BCUT2D eigenvalue weighted by Crippen LogP contribution is -2.30. The van der Waals surface area contributed by atoms with Crippen LogP contribution in [-0.4, -0.2) is 36.7 Å². The smallest absolute Gasteiger partial charge is 0.272 e. The van der Waals surface area contributed by atoms with Crippen LogP contribution in [0.1, 0.15) is 29.8 Å². The molecule has 1 unspecified atom stereocenters. The van der Waals surface area contributed by atoms with Crippen molar-refractivity contribution in [3.05, 3.63) is 120 Å². The molecule has 0 aliphatic heterocycles. The van der Waals surface area contributed by atoms with E-state index in [1.54, 1.807) is 86.0 Å². The summed E-state index contributed by atoms with van der Waals surface area (Å²) in [6.45, 7) is 4.28. The highest BCUT2D eigenvalue weighted by Gasteiger charge is 2.17. The molecule has 0 radical (unpaired) electrons. The Morgan fingerprint density at radius 2 is 1.40 bits per heavy atom. The van der Waals surface area contributed by atoms with Crippen LogP contribution < -0.4 is 25.4 Å². The van der Waals surface area contributed by atoms with Gasteiger partial charge in [0, 0.05) is 21.8 Å². The van der Waals surface area contributed by atoms with E-state index in [1.165, 1.54) is 11.8 Å². The number of hydrogen-bond donors (Lipinski definition) is 3. The number of thioether (sulfide) groups is 1. The van der Waals surface area contributed by atoms with Crippen LogP contribution in [0.2, 0.25) is 0 Å². The molecule has 43 heavy (non-hydrogen) atoms. The van der Waals surface area contributed by atoms with E-state index in [9.17, 15) is 14.4 Å². The predicted octanol–water partition coefficient (Wildman–Crippen LogP) is 6.62. The Balaban J connectivity index is 1.42. The third-order valence-corrected chi connectivity index (χ3v) is 7.29. The molecule has 220 valence electrons. The molecule has 0 spiro atoms. The Kier molecular flexibility index (Phi) is 11.0. The van der Waals surface area contributed by atoms with Crippen LogP contribution in [0.3, 0.4) is 0 Å². The molecule has 0 heterocycles. The molecule has 4 aromatic rings. The summed E-state index contributed by atoms with van der Waals surface area (Å²) in [5.74, 6) is 0.410. The third-order valence-electron chi connectivity index (χ3n) is 6.18. The van der Waals surface area contributed by atoms with Gasteiger partial charge in [-0.2, -0.15) is 0 Å². The molecule has 3 N–H and O–H groups in total. The van der Waals surface area contributed by atoms with Crippen LogP contribution in [-0.2, 0) is 9.59 Å². The molecular weight excluding hydrogens is 562 g/mol. The van der Waals surface area contributed by atoms with Crippen molar-refractivity contribution in [2.45, 2.75) is 24.0 Å². The van der Waals surface area contributed by atoms with Crippen LogP contribution in [0.15, 0.2) is 114 Å². The lowest BCUT2D eigenvalue weighted by atomic mass is 10.1. The minimum Gasteiger partial charge on any atom is -0.497 e. The summed E-state index contributed by atoms with van der Waals surface area (Å²) in [6.07, 6.45) is 1.61. The van der Waals surface area contributed by atoms with E-state index in [2.05, 4.69) is 16.0 Å². The van der Waals surface area contributed by atoms with Gasteiger partial charge in [-0.1, -0.05) is 30.3 Å². The first-order valence-corrected chi connectivity index (χ1v) is 14.6. The van der Waals surface area contributed by atoms with E-state index in [-0.39, 0.29) is 16.9 Å². The van der Waals surface area contributed by atoms with Gasteiger partial charge in [-0.3, -0.25) is 14.4 Å². The van der Waals surface area contributed by atoms with Gasteiger partial charge >= 0.3 is 0 Å². The van der Waals surface area contributed by atoms with Crippen molar-refractivity contribution in [3.63, 3.8) is 0 Å². The highest BCUT2D eigenvalue weighted by atomic mass is 32.2. The Morgan fingerprint density at radius 3 is 2.02 bits per heavy atom. The molecule has 8 nitrogen and oxygen atoms in total. The second-order valence-electron chi connectivity index (χ2n) is 9.34. The maximum Gasteiger partial charge on any atom is 0.272 e.